The lowest BCUT2D eigenvalue weighted by molar-refractivity contribution is 0.0771. The lowest BCUT2D eigenvalue weighted by Crippen LogP contribution is -2.33. The Morgan fingerprint density at radius 2 is 2.00 bits per heavy atom. The summed E-state index contributed by atoms with van der Waals surface area (Å²) in [4.78, 5) is 21.2. The van der Waals surface area contributed by atoms with Crippen LogP contribution in [0.3, 0.4) is 0 Å². The molecule has 0 radical (unpaired) electrons. The van der Waals surface area contributed by atoms with E-state index in [2.05, 4.69) is 16.4 Å². The molecular formula is C17H17N3OS2. The number of benzene rings is 1. The van der Waals surface area contributed by atoms with Crippen molar-refractivity contribution in [3.05, 3.63) is 41.3 Å². The first kappa shape index (κ1) is 14.8. The molecule has 23 heavy (non-hydrogen) atoms. The van der Waals surface area contributed by atoms with E-state index in [4.69, 9.17) is 0 Å². The Hall–Kier alpha value is -1.76. The van der Waals surface area contributed by atoms with Gasteiger partial charge < -0.3 is 10.2 Å². The van der Waals surface area contributed by atoms with Gasteiger partial charge in [-0.05, 0) is 37.2 Å². The summed E-state index contributed by atoms with van der Waals surface area (Å²) in [6.45, 7) is 3.49. The zero-order valence-corrected chi connectivity index (χ0v) is 14.3. The molecule has 0 bridgehead atoms. The van der Waals surface area contributed by atoms with Crippen molar-refractivity contribution in [3.63, 3.8) is 0 Å². The summed E-state index contributed by atoms with van der Waals surface area (Å²) in [5.74, 6) is 0.145. The van der Waals surface area contributed by atoms with E-state index in [9.17, 15) is 4.79 Å². The number of carbonyl (C=O) groups excluding carboxylic acids is 1. The standard InChI is InChI=1S/C17H17N3OS2/c21-17(20-10-3-8-18-9-11-20)15-7-6-14(22-15)16-19-12-4-1-2-5-13(12)23-16/h1-2,4-7,18H,3,8-11H2. The summed E-state index contributed by atoms with van der Waals surface area (Å²) in [6.07, 6.45) is 1.02. The van der Waals surface area contributed by atoms with Crippen molar-refractivity contribution < 1.29 is 4.79 Å². The van der Waals surface area contributed by atoms with E-state index in [0.717, 1.165) is 52.9 Å². The smallest absolute Gasteiger partial charge is 0.263 e. The molecule has 1 aromatic carbocycles. The van der Waals surface area contributed by atoms with E-state index in [0.29, 0.717) is 0 Å². The van der Waals surface area contributed by atoms with Crippen molar-refractivity contribution in [2.24, 2.45) is 0 Å². The molecule has 0 unspecified atom stereocenters. The summed E-state index contributed by atoms with van der Waals surface area (Å²) in [5.41, 5.74) is 1.02. The van der Waals surface area contributed by atoms with Gasteiger partial charge in [-0.25, -0.2) is 4.98 Å². The van der Waals surface area contributed by atoms with Crippen molar-refractivity contribution in [1.29, 1.82) is 0 Å². The van der Waals surface area contributed by atoms with Gasteiger partial charge in [-0.3, -0.25) is 4.79 Å². The quantitative estimate of drug-likeness (QED) is 0.775. The molecule has 3 heterocycles. The molecular weight excluding hydrogens is 326 g/mol. The lowest BCUT2D eigenvalue weighted by Gasteiger charge is -2.18. The highest BCUT2D eigenvalue weighted by Crippen LogP contribution is 2.34. The Balaban J connectivity index is 1.59. The molecule has 1 aliphatic rings. The fourth-order valence-corrected chi connectivity index (χ4v) is 4.74. The topological polar surface area (TPSA) is 45.2 Å². The van der Waals surface area contributed by atoms with Gasteiger partial charge in [-0.2, -0.15) is 0 Å². The van der Waals surface area contributed by atoms with Crippen LogP contribution in [-0.2, 0) is 0 Å². The summed E-state index contributed by atoms with van der Waals surface area (Å²) in [6, 6.07) is 12.1. The predicted molar refractivity (Wildman–Crippen MR) is 96.3 cm³/mol. The maximum absolute atomic E-state index is 12.7. The zero-order chi connectivity index (χ0) is 15.6. The van der Waals surface area contributed by atoms with Crippen LogP contribution in [0.25, 0.3) is 20.1 Å². The number of thiophene rings is 1. The van der Waals surface area contributed by atoms with Gasteiger partial charge in [-0.1, -0.05) is 12.1 Å². The minimum atomic E-state index is 0.145. The molecule has 1 saturated heterocycles. The number of aromatic nitrogens is 1. The highest BCUT2D eigenvalue weighted by atomic mass is 32.1. The average Bonchev–Trinajstić information content (AvgIpc) is 3.14. The van der Waals surface area contributed by atoms with Gasteiger partial charge in [0, 0.05) is 19.6 Å². The summed E-state index contributed by atoms with van der Waals surface area (Å²) in [5, 5.41) is 4.32. The third-order valence-electron chi connectivity index (χ3n) is 3.95. The predicted octanol–water partition coefficient (Wildman–Crippen LogP) is 3.46. The van der Waals surface area contributed by atoms with Gasteiger partial charge in [0.2, 0.25) is 0 Å². The average molecular weight is 343 g/mol. The van der Waals surface area contributed by atoms with Crippen LogP contribution in [0.15, 0.2) is 36.4 Å². The van der Waals surface area contributed by atoms with Crippen molar-refractivity contribution in [2.45, 2.75) is 6.42 Å². The van der Waals surface area contributed by atoms with Gasteiger partial charge in [0.25, 0.3) is 5.91 Å². The van der Waals surface area contributed by atoms with E-state index in [1.807, 2.05) is 35.2 Å². The molecule has 1 amide bonds. The first-order valence-electron chi connectivity index (χ1n) is 7.77. The SMILES string of the molecule is O=C(c1ccc(-c2nc3ccccc3s2)s1)N1CCCNCC1. The number of nitrogens with one attached hydrogen (secondary N) is 1. The second-order valence-electron chi connectivity index (χ2n) is 5.55. The molecule has 118 valence electrons. The number of hydrogen-bond donors (Lipinski definition) is 1. The van der Waals surface area contributed by atoms with E-state index < -0.39 is 0 Å². The Bertz CT molecular complexity index is 798. The highest BCUT2D eigenvalue weighted by molar-refractivity contribution is 7.26. The maximum Gasteiger partial charge on any atom is 0.263 e. The Morgan fingerprint density at radius 1 is 1.09 bits per heavy atom. The lowest BCUT2D eigenvalue weighted by atomic mass is 10.3. The molecule has 0 atom stereocenters. The Labute approximate surface area is 142 Å². The van der Waals surface area contributed by atoms with Gasteiger partial charge in [0.1, 0.15) is 5.01 Å². The molecule has 3 aromatic rings. The van der Waals surface area contributed by atoms with E-state index in [1.165, 1.54) is 4.70 Å². The number of rotatable bonds is 2. The summed E-state index contributed by atoms with van der Waals surface area (Å²) in [7, 11) is 0. The first-order valence-corrected chi connectivity index (χ1v) is 9.40. The Kier molecular flexibility index (Phi) is 4.11. The molecule has 1 N–H and O–H groups in total. The van der Waals surface area contributed by atoms with Crippen LogP contribution in [0.4, 0.5) is 0 Å². The molecule has 1 aliphatic heterocycles. The number of carbonyl (C=O) groups is 1. The number of thiazole rings is 1. The van der Waals surface area contributed by atoms with Gasteiger partial charge in [0.15, 0.2) is 0 Å². The minimum Gasteiger partial charge on any atom is -0.337 e. The maximum atomic E-state index is 12.7. The largest absolute Gasteiger partial charge is 0.337 e. The van der Waals surface area contributed by atoms with Crippen molar-refractivity contribution in [2.75, 3.05) is 26.2 Å². The molecule has 4 rings (SSSR count). The Morgan fingerprint density at radius 3 is 2.91 bits per heavy atom. The molecule has 0 saturated carbocycles. The molecule has 0 aliphatic carbocycles. The number of hydrogen-bond acceptors (Lipinski definition) is 5. The minimum absolute atomic E-state index is 0.145. The third kappa shape index (κ3) is 3.02. The van der Waals surface area contributed by atoms with Gasteiger partial charge >= 0.3 is 0 Å². The van der Waals surface area contributed by atoms with Crippen LogP contribution in [0, 0.1) is 0 Å². The van der Waals surface area contributed by atoms with Crippen LogP contribution in [0.2, 0.25) is 0 Å². The zero-order valence-electron chi connectivity index (χ0n) is 12.6. The van der Waals surface area contributed by atoms with Crippen LogP contribution in [0.1, 0.15) is 16.1 Å². The van der Waals surface area contributed by atoms with E-state index in [-0.39, 0.29) is 5.91 Å². The van der Waals surface area contributed by atoms with Crippen molar-refractivity contribution in [3.8, 4) is 9.88 Å². The molecule has 4 nitrogen and oxygen atoms in total. The molecule has 2 aromatic heterocycles. The van der Waals surface area contributed by atoms with Gasteiger partial charge in [-0.15, -0.1) is 22.7 Å². The van der Waals surface area contributed by atoms with Gasteiger partial charge in [0.05, 0.1) is 20.0 Å². The van der Waals surface area contributed by atoms with Crippen molar-refractivity contribution in [1.82, 2.24) is 15.2 Å². The third-order valence-corrected chi connectivity index (χ3v) is 6.23. The van der Waals surface area contributed by atoms with Crippen LogP contribution in [0.5, 0.6) is 0 Å². The fourth-order valence-electron chi connectivity index (χ4n) is 2.75. The van der Waals surface area contributed by atoms with Crippen LogP contribution in [-0.4, -0.2) is 42.0 Å². The monoisotopic (exact) mass is 343 g/mol. The van der Waals surface area contributed by atoms with Crippen molar-refractivity contribution >= 4 is 38.8 Å². The second kappa shape index (κ2) is 6.39. The second-order valence-corrected chi connectivity index (χ2v) is 7.66. The molecule has 1 fully saturated rings. The number of amides is 1. The van der Waals surface area contributed by atoms with E-state index >= 15 is 0 Å². The highest BCUT2D eigenvalue weighted by Gasteiger charge is 2.19. The summed E-state index contributed by atoms with van der Waals surface area (Å²) < 4.78 is 1.18. The normalized spacial score (nSPS) is 15.7. The molecule has 6 heteroatoms. The first-order chi connectivity index (χ1) is 11.3. The molecule has 0 spiro atoms. The number of fused-ring (bicyclic) bond motifs is 1. The fraction of sp³-hybridized carbons (Fsp3) is 0.294. The number of para-hydroxylation sites is 1. The number of nitrogens with zero attached hydrogens (tertiary/aromatic N) is 2. The summed E-state index contributed by atoms with van der Waals surface area (Å²) >= 11 is 3.22. The van der Waals surface area contributed by atoms with Crippen LogP contribution < -0.4 is 5.32 Å². The van der Waals surface area contributed by atoms with Crippen LogP contribution >= 0.6 is 22.7 Å². The van der Waals surface area contributed by atoms with E-state index in [1.54, 1.807) is 22.7 Å².